The molecule has 0 N–H and O–H groups in total. The first-order valence-corrected chi connectivity index (χ1v) is 8.90. The van der Waals surface area contributed by atoms with Crippen molar-refractivity contribution in [1.29, 1.82) is 0 Å². The number of rotatable bonds is 6. The van der Waals surface area contributed by atoms with Crippen LogP contribution in [0.1, 0.15) is 47.0 Å². The lowest BCUT2D eigenvalue weighted by Crippen LogP contribution is -2.54. The van der Waals surface area contributed by atoms with Gasteiger partial charge in [-0.3, -0.25) is 4.79 Å². The molecule has 1 saturated heterocycles. The first-order chi connectivity index (χ1) is 12.7. The van der Waals surface area contributed by atoms with Crippen molar-refractivity contribution in [2.24, 2.45) is 5.92 Å². The summed E-state index contributed by atoms with van der Waals surface area (Å²) in [4.78, 5) is 15.2. The van der Waals surface area contributed by atoms with E-state index in [2.05, 4.69) is 10.2 Å². The molecule has 1 amide bonds. The molecule has 7 heteroatoms. The molecule has 138 valence electrons. The second-order valence-electron chi connectivity index (χ2n) is 6.97. The van der Waals surface area contributed by atoms with Gasteiger partial charge in [-0.2, -0.15) is 0 Å². The molecule has 1 saturated carbocycles. The summed E-state index contributed by atoms with van der Waals surface area (Å²) in [6, 6.07) is 7.61. The Kier molecular flexibility index (Phi) is 4.50. The number of carbonyl (C=O) groups excluding carboxylic acids is 1. The van der Waals surface area contributed by atoms with E-state index in [-0.39, 0.29) is 12.5 Å². The summed E-state index contributed by atoms with van der Waals surface area (Å²) in [7, 11) is 3.24. The molecule has 2 aromatic rings. The number of benzene rings is 1. The van der Waals surface area contributed by atoms with Crippen molar-refractivity contribution in [1.82, 2.24) is 15.1 Å². The highest BCUT2D eigenvalue weighted by Crippen LogP contribution is 2.56. The Morgan fingerprint density at radius 3 is 2.85 bits per heavy atom. The first-order valence-electron chi connectivity index (χ1n) is 8.90. The van der Waals surface area contributed by atoms with Crippen molar-refractivity contribution in [2.75, 3.05) is 20.8 Å². The third kappa shape index (κ3) is 2.62. The van der Waals surface area contributed by atoms with Crippen molar-refractivity contribution >= 4 is 5.91 Å². The molecule has 1 aromatic heterocycles. The average Bonchev–Trinajstić information content (AvgIpc) is 3.18. The van der Waals surface area contributed by atoms with Crippen LogP contribution in [0.25, 0.3) is 0 Å². The smallest absolute Gasteiger partial charge is 0.254 e. The number of hydrogen-bond acceptors (Lipinski definition) is 6. The molecule has 1 aromatic carbocycles. The van der Waals surface area contributed by atoms with Gasteiger partial charge in [-0.1, -0.05) is 12.1 Å². The number of ether oxygens (including phenoxy) is 2. The second kappa shape index (κ2) is 6.81. The monoisotopic (exact) mass is 357 g/mol. The Labute approximate surface area is 152 Å². The molecule has 7 nitrogen and oxygen atoms in total. The maximum atomic E-state index is 13.3. The van der Waals surface area contributed by atoms with Crippen LogP contribution in [0, 0.1) is 5.92 Å². The molecule has 2 atom stereocenters. The topological polar surface area (TPSA) is 77.7 Å². The van der Waals surface area contributed by atoms with Gasteiger partial charge in [0.25, 0.3) is 5.91 Å². The molecule has 0 spiro atoms. The molecule has 0 radical (unpaired) electrons. The number of aromatic nitrogens is 2. The molecule has 1 aliphatic heterocycles. The van der Waals surface area contributed by atoms with Gasteiger partial charge in [-0.25, -0.2) is 0 Å². The molecule has 2 heterocycles. The summed E-state index contributed by atoms with van der Waals surface area (Å²) in [6.07, 6.45) is 2.90. The van der Waals surface area contributed by atoms with Crippen molar-refractivity contribution in [3.8, 4) is 0 Å². The van der Waals surface area contributed by atoms with Crippen LogP contribution in [0.2, 0.25) is 0 Å². The summed E-state index contributed by atoms with van der Waals surface area (Å²) in [5, 5.41) is 8.33. The molecule has 2 fully saturated rings. The third-order valence-electron chi connectivity index (χ3n) is 5.57. The molecule has 4 rings (SSSR count). The summed E-state index contributed by atoms with van der Waals surface area (Å²) in [5.74, 6) is 1.38. The Balaban J connectivity index is 1.64. The van der Waals surface area contributed by atoms with E-state index in [0.717, 1.165) is 24.8 Å². The fraction of sp³-hybridized carbons (Fsp3) is 0.526. The van der Waals surface area contributed by atoms with E-state index in [4.69, 9.17) is 13.9 Å². The van der Waals surface area contributed by atoms with E-state index in [1.165, 1.54) is 0 Å². The molecule has 2 aliphatic rings. The van der Waals surface area contributed by atoms with Crippen LogP contribution in [-0.4, -0.2) is 41.8 Å². The van der Waals surface area contributed by atoms with Crippen molar-refractivity contribution < 1.29 is 18.7 Å². The van der Waals surface area contributed by atoms with E-state index in [9.17, 15) is 4.79 Å². The van der Waals surface area contributed by atoms with Crippen LogP contribution in [0.3, 0.4) is 0 Å². The minimum absolute atomic E-state index is 0.0108. The Morgan fingerprint density at radius 1 is 1.27 bits per heavy atom. The molecular formula is C19H23N3O4. The van der Waals surface area contributed by atoms with Crippen molar-refractivity contribution in [3.63, 3.8) is 0 Å². The number of hydrogen-bond donors (Lipinski definition) is 0. The van der Waals surface area contributed by atoms with Gasteiger partial charge >= 0.3 is 0 Å². The lowest BCUT2D eigenvalue weighted by atomic mass is 9.67. The first kappa shape index (κ1) is 17.2. The molecule has 26 heavy (non-hydrogen) atoms. The minimum atomic E-state index is -0.465. The zero-order valence-electron chi connectivity index (χ0n) is 15.1. The Morgan fingerprint density at radius 2 is 2.12 bits per heavy atom. The Hall–Kier alpha value is -2.25. The SMILES string of the molecule is COCc1cccc(C(=O)N2CC[C@@H]3CC[C@@]32c2nnc(COC)o2)c1. The fourth-order valence-corrected chi connectivity index (χ4v) is 4.25. The summed E-state index contributed by atoms with van der Waals surface area (Å²) >= 11 is 0. The Bertz CT molecular complexity index is 806. The van der Waals surface area contributed by atoms with Gasteiger partial charge in [0.2, 0.25) is 11.8 Å². The van der Waals surface area contributed by atoms with E-state index >= 15 is 0 Å². The van der Waals surface area contributed by atoms with E-state index in [1.54, 1.807) is 14.2 Å². The fourth-order valence-electron chi connectivity index (χ4n) is 4.25. The van der Waals surface area contributed by atoms with Gasteiger partial charge in [0.05, 0.1) is 6.61 Å². The molecule has 1 aliphatic carbocycles. The predicted octanol–water partition coefficient (Wildman–Crippen LogP) is 2.51. The van der Waals surface area contributed by atoms with E-state index < -0.39 is 5.54 Å². The van der Waals surface area contributed by atoms with Crippen LogP contribution in [0.15, 0.2) is 28.7 Å². The summed E-state index contributed by atoms with van der Waals surface area (Å²) in [5.41, 5.74) is 1.19. The van der Waals surface area contributed by atoms with Crippen molar-refractivity contribution in [3.05, 3.63) is 47.2 Å². The highest BCUT2D eigenvalue weighted by molar-refractivity contribution is 5.95. The third-order valence-corrected chi connectivity index (χ3v) is 5.57. The zero-order valence-corrected chi connectivity index (χ0v) is 15.1. The van der Waals surface area contributed by atoms with Gasteiger partial charge in [-0.15, -0.1) is 10.2 Å². The van der Waals surface area contributed by atoms with Crippen molar-refractivity contribution in [2.45, 2.75) is 38.0 Å². The molecule has 0 unspecified atom stereocenters. The van der Waals surface area contributed by atoms with Crippen LogP contribution in [-0.2, 0) is 28.2 Å². The summed E-state index contributed by atoms with van der Waals surface area (Å²) in [6.45, 7) is 1.47. The quantitative estimate of drug-likeness (QED) is 0.790. The second-order valence-corrected chi connectivity index (χ2v) is 6.97. The van der Waals surface area contributed by atoms with E-state index in [1.807, 2.05) is 29.2 Å². The largest absolute Gasteiger partial charge is 0.420 e. The van der Waals surface area contributed by atoms with E-state index in [0.29, 0.717) is 36.4 Å². The number of methoxy groups -OCH3 is 2. The number of carbonyl (C=O) groups is 1. The maximum absolute atomic E-state index is 13.3. The van der Waals surface area contributed by atoms with Crippen LogP contribution >= 0.6 is 0 Å². The van der Waals surface area contributed by atoms with Crippen LogP contribution < -0.4 is 0 Å². The lowest BCUT2D eigenvalue weighted by Gasteiger charge is -2.47. The lowest BCUT2D eigenvalue weighted by molar-refractivity contribution is -0.00461. The number of fused-ring (bicyclic) bond motifs is 1. The van der Waals surface area contributed by atoms with Gasteiger partial charge in [-0.05, 0) is 42.9 Å². The maximum Gasteiger partial charge on any atom is 0.254 e. The zero-order chi connectivity index (χ0) is 18.1. The predicted molar refractivity (Wildman–Crippen MR) is 92.2 cm³/mol. The van der Waals surface area contributed by atoms with Crippen LogP contribution in [0.5, 0.6) is 0 Å². The molecular weight excluding hydrogens is 334 g/mol. The average molecular weight is 357 g/mol. The minimum Gasteiger partial charge on any atom is -0.420 e. The van der Waals surface area contributed by atoms with Gasteiger partial charge in [0, 0.05) is 26.3 Å². The van der Waals surface area contributed by atoms with Gasteiger partial charge < -0.3 is 18.8 Å². The number of nitrogens with zero attached hydrogens (tertiary/aromatic N) is 3. The highest BCUT2D eigenvalue weighted by Gasteiger charge is 2.61. The normalized spacial score (nSPS) is 24.4. The number of likely N-dealkylation sites (tertiary alicyclic amines) is 1. The summed E-state index contributed by atoms with van der Waals surface area (Å²) < 4.78 is 16.1. The van der Waals surface area contributed by atoms with Gasteiger partial charge in [0.15, 0.2) is 0 Å². The van der Waals surface area contributed by atoms with Crippen LogP contribution in [0.4, 0.5) is 0 Å². The highest BCUT2D eigenvalue weighted by atomic mass is 16.5. The molecule has 0 bridgehead atoms. The standard InChI is InChI=1S/C19H23N3O4/c1-24-11-13-4-3-5-14(10-13)17(23)22-9-7-15-6-8-19(15,22)18-21-20-16(26-18)12-25-2/h3-5,10,15H,6-9,11-12H2,1-2H3/t15-,19-/m0/s1. The van der Waals surface area contributed by atoms with Gasteiger partial charge in [0.1, 0.15) is 12.1 Å². The number of amides is 1.